The van der Waals surface area contributed by atoms with E-state index in [1.807, 2.05) is 5.32 Å². The van der Waals surface area contributed by atoms with Crippen LogP contribution in [0, 0.1) is 0 Å². The molecule has 1 aliphatic rings. The Morgan fingerprint density at radius 3 is 2.75 bits per heavy atom. The lowest BCUT2D eigenvalue weighted by atomic mass is 10.5. The maximum atomic E-state index is 10.8. The number of imide groups is 1. The van der Waals surface area contributed by atoms with Crippen molar-refractivity contribution < 1.29 is 19.1 Å². The van der Waals surface area contributed by atoms with E-state index in [1.54, 1.807) is 0 Å². The molecule has 0 unspecified atom stereocenters. The summed E-state index contributed by atoms with van der Waals surface area (Å²) in [4.78, 5) is 33.2. The standard InChI is InChI=1S/C6H8N2O4/c1-12-5(10)3-8-2-4(9)7-6(8)11/h2-3H2,1H3,(H,7,9,11). The topological polar surface area (TPSA) is 75.7 Å². The molecular formula is C6H8N2O4. The fourth-order valence-electron chi connectivity index (χ4n) is 0.831. The number of hydrogen-bond donors (Lipinski definition) is 1. The zero-order chi connectivity index (χ0) is 9.14. The normalized spacial score (nSPS) is 16.2. The molecule has 0 aromatic rings. The molecule has 1 fully saturated rings. The molecule has 0 atom stereocenters. The molecule has 0 radical (unpaired) electrons. The number of amides is 3. The van der Waals surface area contributed by atoms with Crippen molar-refractivity contribution in [3.05, 3.63) is 0 Å². The number of urea groups is 1. The van der Waals surface area contributed by atoms with Gasteiger partial charge in [-0.25, -0.2) is 4.79 Å². The van der Waals surface area contributed by atoms with Gasteiger partial charge >= 0.3 is 12.0 Å². The van der Waals surface area contributed by atoms with Crippen LogP contribution in [0.2, 0.25) is 0 Å². The molecular weight excluding hydrogens is 164 g/mol. The van der Waals surface area contributed by atoms with Gasteiger partial charge in [-0.1, -0.05) is 0 Å². The summed E-state index contributed by atoms with van der Waals surface area (Å²) in [5, 5.41) is 2.04. The van der Waals surface area contributed by atoms with E-state index >= 15 is 0 Å². The van der Waals surface area contributed by atoms with Gasteiger partial charge in [0.1, 0.15) is 13.1 Å². The third kappa shape index (κ3) is 1.71. The summed E-state index contributed by atoms with van der Waals surface area (Å²) in [7, 11) is 1.22. The van der Waals surface area contributed by atoms with Crippen molar-refractivity contribution in [3.8, 4) is 0 Å². The summed E-state index contributed by atoms with van der Waals surface area (Å²) in [5.74, 6) is -0.941. The van der Waals surface area contributed by atoms with Crippen LogP contribution in [-0.2, 0) is 14.3 Å². The number of carbonyl (C=O) groups excluding carboxylic acids is 3. The Morgan fingerprint density at radius 2 is 2.33 bits per heavy atom. The van der Waals surface area contributed by atoms with Gasteiger partial charge in [0.15, 0.2) is 0 Å². The third-order valence-electron chi connectivity index (χ3n) is 1.42. The first-order chi connectivity index (χ1) is 5.63. The summed E-state index contributed by atoms with van der Waals surface area (Å²) in [6.45, 7) is -0.262. The number of nitrogens with one attached hydrogen (secondary N) is 1. The fraction of sp³-hybridized carbons (Fsp3) is 0.500. The van der Waals surface area contributed by atoms with Crippen molar-refractivity contribution in [1.29, 1.82) is 0 Å². The molecule has 3 amide bonds. The average molecular weight is 172 g/mol. The molecule has 1 aliphatic heterocycles. The number of methoxy groups -OCH3 is 1. The average Bonchev–Trinajstić information content (AvgIpc) is 2.30. The van der Waals surface area contributed by atoms with Gasteiger partial charge in [-0.05, 0) is 0 Å². The highest BCUT2D eigenvalue weighted by Gasteiger charge is 2.28. The number of nitrogens with zero attached hydrogens (tertiary/aromatic N) is 1. The molecule has 0 bridgehead atoms. The smallest absolute Gasteiger partial charge is 0.325 e. The van der Waals surface area contributed by atoms with Gasteiger partial charge < -0.3 is 9.64 Å². The molecule has 6 heteroatoms. The van der Waals surface area contributed by atoms with E-state index in [0.717, 1.165) is 4.90 Å². The number of ether oxygens (including phenoxy) is 1. The van der Waals surface area contributed by atoms with Gasteiger partial charge in [-0.15, -0.1) is 0 Å². The molecule has 0 aliphatic carbocycles. The highest BCUT2D eigenvalue weighted by molar-refractivity contribution is 6.02. The molecule has 12 heavy (non-hydrogen) atoms. The van der Waals surface area contributed by atoms with E-state index in [9.17, 15) is 14.4 Å². The largest absolute Gasteiger partial charge is 0.468 e. The van der Waals surface area contributed by atoms with Crippen molar-refractivity contribution >= 4 is 17.9 Å². The Kier molecular flexibility index (Phi) is 2.27. The minimum atomic E-state index is -0.551. The Morgan fingerprint density at radius 1 is 1.67 bits per heavy atom. The first-order valence-electron chi connectivity index (χ1n) is 3.29. The molecule has 0 aromatic heterocycles. The van der Waals surface area contributed by atoms with Crippen LogP contribution in [0.3, 0.4) is 0 Å². The second kappa shape index (κ2) is 3.21. The second-order valence-corrected chi connectivity index (χ2v) is 2.29. The molecule has 6 nitrogen and oxygen atoms in total. The van der Waals surface area contributed by atoms with Crippen molar-refractivity contribution in [2.45, 2.75) is 0 Å². The van der Waals surface area contributed by atoms with Crippen molar-refractivity contribution in [1.82, 2.24) is 10.2 Å². The second-order valence-electron chi connectivity index (χ2n) is 2.29. The molecule has 66 valence electrons. The fourth-order valence-corrected chi connectivity index (χ4v) is 0.831. The van der Waals surface area contributed by atoms with Crippen LogP contribution in [0.25, 0.3) is 0 Å². The van der Waals surface area contributed by atoms with E-state index in [2.05, 4.69) is 4.74 Å². The van der Waals surface area contributed by atoms with Gasteiger partial charge in [0.05, 0.1) is 7.11 Å². The van der Waals surface area contributed by atoms with Crippen LogP contribution in [0.1, 0.15) is 0 Å². The van der Waals surface area contributed by atoms with Gasteiger partial charge in [0.25, 0.3) is 0 Å². The summed E-state index contributed by atoms with van der Waals surface area (Å²) in [5.41, 5.74) is 0. The molecule has 0 aromatic carbocycles. The van der Waals surface area contributed by atoms with Gasteiger partial charge in [0, 0.05) is 0 Å². The molecule has 0 spiro atoms. The lowest BCUT2D eigenvalue weighted by Crippen LogP contribution is -2.33. The first-order valence-corrected chi connectivity index (χ1v) is 3.29. The quantitative estimate of drug-likeness (QED) is 0.415. The summed E-state index contributed by atoms with van der Waals surface area (Å²) in [6.07, 6.45) is 0. The number of rotatable bonds is 2. The lowest BCUT2D eigenvalue weighted by molar-refractivity contribution is -0.141. The lowest BCUT2D eigenvalue weighted by Gasteiger charge is -2.09. The Hall–Kier alpha value is -1.59. The zero-order valence-electron chi connectivity index (χ0n) is 6.49. The summed E-state index contributed by atoms with van der Waals surface area (Å²) in [6, 6.07) is -0.551. The first kappa shape index (κ1) is 8.51. The van der Waals surface area contributed by atoms with Gasteiger partial charge in [-0.2, -0.15) is 0 Å². The van der Waals surface area contributed by atoms with Crippen molar-refractivity contribution in [2.75, 3.05) is 20.2 Å². The van der Waals surface area contributed by atoms with Crippen LogP contribution in [0.4, 0.5) is 4.79 Å². The molecule has 1 N–H and O–H groups in total. The van der Waals surface area contributed by atoms with Crippen LogP contribution >= 0.6 is 0 Å². The van der Waals surface area contributed by atoms with E-state index in [0.29, 0.717) is 0 Å². The van der Waals surface area contributed by atoms with E-state index < -0.39 is 17.9 Å². The summed E-state index contributed by atoms with van der Waals surface area (Å²) >= 11 is 0. The monoisotopic (exact) mass is 172 g/mol. The highest BCUT2D eigenvalue weighted by atomic mass is 16.5. The molecule has 1 saturated heterocycles. The Bertz CT molecular complexity index is 238. The Balaban J connectivity index is 2.48. The molecule has 1 rings (SSSR count). The highest BCUT2D eigenvalue weighted by Crippen LogP contribution is 1.97. The number of esters is 1. The van der Waals surface area contributed by atoms with E-state index in [4.69, 9.17) is 0 Å². The SMILES string of the molecule is COC(=O)CN1CC(=O)NC1=O. The van der Waals surface area contributed by atoms with Crippen LogP contribution in [0.15, 0.2) is 0 Å². The van der Waals surface area contributed by atoms with Crippen molar-refractivity contribution in [3.63, 3.8) is 0 Å². The third-order valence-corrected chi connectivity index (χ3v) is 1.42. The zero-order valence-corrected chi connectivity index (χ0v) is 6.49. The predicted molar refractivity (Wildman–Crippen MR) is 37.1 cm³/mol. The van der Waals surface area contributed by atoms with Crippen molar-refractivity contribution in [2.24, 2.45) is 0 Å². The van der Waals surface area contributed by atoms with E-state index in [-0.39, 0.29) is 13.1 Å². The molecule has 1 heterocycles. The Labute approximate surface area is 68.5 Å². The number of hydrogen-bond acceptors (Lipinski definition) is 4. The van der Waals surface area contributed by atoms with Gasteiger partial charge in [0.2, 0.25) is 5.91 Å². The van der Waals surface area contributed by atoms with Crippen LogP contribution in [0.5, 0.6) is 0 Å². The maximum absolute atomic E-state index is 10.8. The maximum Gasteiger partial charge on any atom is 0.325 e. The minimum Gasteiger partial charge on any atom is -0.468 e. The van der Waals surface area contributed by atoms with E-state index in [1.165, 1.54) is 7.11 Å². The molecule has 0 saturated carbocycles. The van der Waals surface area contributed by atoms with Crippen LogP contribution < -0.4 is 5.32 Å². The van der Waals surface area contributed by atoms with Crippen LogP contribution in [-0.4, -0.2) is 43.0 Å². The number of carbonyl (C=O) groups is 3. The minimum absolute atomic E-state index is 0.0755. The van der Waals surface area contributed by atoms with Gasteiger partial charge in [-0.3, -0.25) is 14.9 Å². The summed E-state index contributed by atoms with van der Waals surface area (Å²) < 4.78 is 4.32. The predicted octanol–water partition coefficient (Wildman–Crippen LogP) is -1.29.